The molecular formula is C16H13F3N4S. The van der Waals surface area contributed by atoms with Crippen molar-refractivity contribution in [1.29, 1.82) is 0 Å². The van der Waals surface area contributed by atoms with Gasteiger partial charge in [-0.2, -0.15) is 18.3 Å². The highest BCUT2D eigenvalue weighted by Gasteiger charge is 2.33. The summed E-state index contributed by atoms with van der Waals surface area (Å²) in [7, 11) is 0. The van der Waals surface area contributed by atoms with Gasteiger partial charge in [0, 0.05) is 6.07 Å². The first-order valence-electron chi connectivity index (χ1n) is 6.77. The Balaban J connectivity index is 2.18. The minimum absolute atomic E-state index is 0.0554. The van der Waals surface area contributed by atoms with E-state index in [-0.39, 0.29) is 16.7 Å². The summed E-state index contributed by atoms with van der Waals surface area (Å²) in [6, 6.07) is 8.29. The van der Waals surface area contributed by atoms with Crippen LogP contribution in [0.4, 0.5) is 19.0 Å². The number of halogens is 3. The largest absolute Gasteiger partial charge is 0.433 e. The molecule has 0 aliphatic carbocycles. The molecule has 0 aliphatic heterocycles. The first-order chi connectivity index (χ1) is 11.4. The second-order valence-electron chi connectivity index (χ2n) is 4.69. The molecule has 4 nitrogen and oxygen atoms in total. The van der Waals surface area contributed by atoms with E-state index in [0.29, 0.717) is 0 Å². The third-order valence-corrected chi connectivity index (χ3v) is 3.50. The van der Waals surface area contributed by atoms with Gasteiger partial charge in [0.1, 0.15) is 0 Å². The van der Waals surface area contributed by atoms with E-state index in [9.17, 15) is 13.2 Å². The number of benzene rings is 1. The number of hydrogen-bond donors (Lipinski definition) is 1. The lowest BCUT2D eigenvalue weighted by Gasteiger charge is -2.09. The van der Waals surface area contributed by atoms with Crippen LogP contribution in [0.3, 0.4) is 0 Å². The Bertz CT molecular complexity index is 764. The molecule has 1 aromatic carbocycles. The van der Waals surface area contributed by atoms with Crippen LogP contribution in [0.25, 0.3) is 0 Å². The maximum Gasteiger partial charge on any atom is 0.433 e. The number of nitrogens with one attached hydrogen (secondary N) is 1. The molecule has 0 fully saturated rings. The van der Waals surface area contributed by atoms with E-state index in [0.717, 1.165) is 29.0 Å². The Hall–Kier alpha value is -2.53. The molecule has 1 N–H and O–H groups in total. The van der Waals surface area contributed by atoms with Gasteiger partial charge in [0.05, 0.1) is 12.0 Å². The van der Waals surface area contributed by atoms with Gasteiger partial charge in [-0.25, -0.2) is 9.97 Å². The molecule has 0 amide bonds. The SMILES string of the molecule is C#CCSc1nc(NN=Cc2ccc(C)cc2)cc(C(F)(F)F)n1. The van der Waals surface area contributed by atoms with E-state index in [1.807, 2.05) is 31.2 Å². The van der Waals surface area contributed by atoms with E-state index in [2.05, 4.69) is 26.4 Å². The molecule has 0 unspecified atom stereocenters. The maximum absolute atomic E-state index is 12.9. The molecule has 0 radical (unpaired) electrons. The summed E-state index contributed by atoms with van der Waals surface area (Å²) in [5, 5.41) is 3.84. The van der Waals surface area contributed by atoms with Gasteiger partial charge < -0.3 is 0 Å². The van der Waals surface area contributed by atoms with Crippen LogP contribution in [0.15, 0.2) is 40.6 Å². The number of aromatic nitrogens is 2. The van der Waals surface area contributed by atoms with Crippen LogP contribution in [0.1, 0.15) is 16.8 Å². The second-order valence-corrected chi connectivity index (χ2v) is 5.63. The minimum Gasteiger partial charge on any atom is -0.261 e. The minimum atomic E-state index is -4.58. The third kappa shape index (κ3) is 5.28. The van der Waals surface area contributed by atoms with Crippen molar-refractivity contribution < 1.29 is 13.2 Å². The summed E-state index contributed by atoms with van der Waals surface area (Å²) in [5.74, 6) is 2.43. The lowest BCUT2D eigenvalue weighted by molar-refractivity contribution is -0.141. The van der Waals surface area contributed by atoms with Gasteiger partial charge in [-0.15, -0.1) is 6.42 Å². The van der Waals surface area contributed by atoms with Crippen molar-refractivity contribution in [3.8, 4) is 12.3 Å². The summed E-state index contributed by atoms with van der Waals surface area (Å²) >= 11 is 0.946. The Morgan fingerprint density at radius 2 is 2.00 bits per heavy atom. The number of rotatable bonds is 5. The number of hydrazone groups is 1. The van der Waals surface area contributed by atoms with Gasteiger partial charge in [0.2, 0.25) is 0 Å². The summed E-state index contributed by atoms with van der Waals surface area (Å²) in [6.07, 6.45) is 2.02. The highest BCUT2D eigenvalue weighted by Crippen LogP contribution is 2.30. The normalized spacial score (nSPS) is 11.5. The fraction of sp³-hybridized carbons (Fsp3) is 0.188. The van der Waals surface area contributed by atoms with E-state index in [1.54, 1.807) is 0 Å². The topological polar surface area (TPSA) is 50.2 Å². The van der Waals surface area contributed by atoms with Gasteiger partial charge in [-0.3, -0.25) is 5.43 Å². The van der Waals surface area contributed by atoms with Crippen LogP contribution in [0.5, 0.6) is 0 Å². The summed E-state index contributed by atoms with van der Waals surface area (Å²) in [6.45, 7) is 1.95. The van der Waals surface area contributed by atoms with Crippen LogP contribution in [-0.4, -0.2) is 21.9 Å². The van der Waals surface area contributed by atoms with Crippen molar-refractivity contribution in [3.63, 3.8) is 0 Å². The quantitative estimate of drug-likeness (QED) is 0.291. The average molecular weight is 350 g/mol. The Labute approximate surface area is 141 Å². The molecule has 0 spiro atoms. The number of anilines is 1. The Morgan fingerprint density at radius 3 is 2.62 bits per heavy atom. The average Bonchev–Trinajstić information content (AvgIpc) is 2.54. The number of thioether (sulfide) groups is 1. The van der Waals surface area contributed by atoms with Crippen LogP contribution in [-0.2, 0) is 6.18 Å². The number of hydrogen-bond acceptors (Lipinski definition) is 5. The lowest BCUT2D eigenvalue weighted by Crippen LogP contribution is -2.10. The molecule has 0 aliphatic rings. The molecule has 1 heterocycles. The zero-order valence-electron chi connectivity index (χ0n) is 12.6. The van der Waals surface area contributed by atoms with Crippen molar-refractivity contribution >= 4 is 23.8 Å². The van der Waals surface area contributed by atoms with Crippen LogP contribution in [0, 0.1) is 19.3 Å². The van der Waals surface area contributed by atoms with Gasteiger partial charge >= 0.3 is 6.18 Å². The molecule has 0 bridgehead atoms. The molecule has 0 atom stereocenters. The number of nitrogens with zero attached hydrogens (tertiary/aromatic N) is 3. The smallest absolute Gasteiger partial charge is 0.261 e. The van der Waals surface area contributed by atoms with Crippen LogP contribution in [0.2, 0.25) is 0 Å². The Morgan fingerprint density at radius 1 is 1.29 bits per heavy atom. The molecular weight excluding hydrogens is 337 g/mol. The van der Waals surface area contributed by atoms with Crippen molar-refractivity contribution in [1.82, 2.24) is 9.97 Å². The molecule has 2 rings (SSSR count). The Kier molecular flexibility index (Phi) is 5.82. The van der Waals surface area contributed by atoms with Gasteiger partial charge in [0.25, 0.3) is 0 Å². The number of terminal acetylenes is 1. The van der Waals surface area contributed by atoms with Crippen molar-refractivity contribution in [3.05, 3.63) is 47.2 Å². The summed E-state index contributed by atoms with van der Waals surface area (Å²) in [4.78, 5) is 7.42. The number of aryl methyl sites for hydroxylation is 1. The molecule has 1 aromatic heterocycles. The zero-order chi connectivity index (χ0) is 17.6. The lowest BCUT2D eigenvalue weighted by atomic mass is 10.2. The zero-order valence-corrected chi connectivity index (χ0v) is 13.4. The number of alkyl halides is 3. The van der Waals surface area contributed by atoms with E-state index in [4.69, 9.17) is 6.42 Å². The van der Waals surface area contributed by atoms with E-state index >= 15 is 0 Å². The predicted molar refractivity (Wildman–Crippen MR) is 89.0 cm³/mol. The summed E-state index contributed by atoms with van der Waals surface area (Å²) < 4.78 is 38.7. The molecule has 0 saturated carbocycles. The monoisotopic (exact) mass is 350 g/mol. The highest BCUT2D eigenvalue weighted by atomic mass is 32.2. The van der Waals surface area contributed by atoms with E-state index in [1.165, 1.54) is 6.21 Å². The molecule has 0 saturated heterocycles. The first-order valence-corrected chi connectivity index (χ1v) is 7.75. The van der Waals surface area contributed by atoms with Crippen LogP contribution >= 0.6 is 11.8 Å². The highest BCUT2D eigenvalue weighted by molar-refractivity contribution is 7.99. The fourth-order valence-corrected chi connectivity index (χ4v) is 2.16. The predicted octanol–water partition coefficient (Wildman–Crippen LogP) is 3.98. The molecule has 124 valence electrons. The first kappa shape index (κ1) is 17.8. The third-order valence-electron chi connectivity index (χ3n) is 2.75. The maximum atomic E-state index is 12.9. The van der Waals surface area contributed by atoms with E-state index < -0.39 is 11.9 Å². The summed E-state index contributed by atoms with van der Waals surface area (Å²) in [5.41, 5.74) is 3.34. The van der Waals surface area contributed by atoms with Crippen LogP contribution < -0.4 is 5.43 Å². The second kappa shape index (κ2) is 7.84. The van der Waals surface area contributed by atoms with Crippen molar-refractivity contribution in [2.45, 2.75) is 18.3 Å². The molecule has 8 heteroatoms. The van der Waals surface area contributed by atoms with Crippen molar-refractivity contribution in [2.24, 2.45) is 5.10 Å². The standard InChI is InChI=1S/C16H13F3N4S/c1-3-8-24-15-21-13(16(17,18)19)9-14(22-15)23-20-10-12-6-4-11(2)5-7-12/h1,4-7,9-10H,8H2,2H3,(H,21,22,23). The van der Waals surface area contributed by atoms with Crippen molar-refractivity contribution in [2.75, 3.05) is 11.2 Å². The van der Waals surface area contributed by atoms with Gasteiger partial charge in [-0.1, -0.05) is 47.5 Å². The molecule has 2 aromatic rings. The fourth-order valence-electron chi connectivity index (χ4n) is 1.62. The van der Waals surface area contributed by atoms with Gasteiger partial charge in [-0.05, 0) is 12.5 Å². The van der Waals surface area contributed by atoms with Gasteiger partial charge in [0.15, 0.2) is 16.7 Å². The molecule has 24 heavy (non-hydrogen) atoms.